The van der Waals surface area contributed by atoms with Gasteiger partial charge in [-0.25, -0.2) is 8.78 Å². The summed E-state index contributed by atoms with van der Waals surface area (Å²) >= 11 is 0. The first kappa shape index (κ1) is 68.4. The summed E-state index contributed by atoms with van der Waals surface area (Å²) in [5.41, 5.74) is 11.5. The average molecular weight is 1130 g/mol. The van der Waals surface area contributed by atoms with Crippen molar-refractivity contribution in [2.24, 2.45) is 22.8 Å². The highest BCUT2D eigenvalue weighted by atomic mass is 19.1. The number of halogens is 2. The average Bonchev–Trinajstić information content (AvgIpc) is 3.80. The Hall–Kier alpha value is -7.73. The molecule has 0 saturated carbocycles. The zero-order valence-electron chi connectivity index (χ0n) is 46.5. The summed E-state index contributed by atoms with van der Waals surface area (Å²) in [5, 5.41) is 38.2. The standard InChI is InChI=1S/C54H72F2N8O14.C2H6/c1-31(24-44(68)32(2)60-46(70)19-15-37(67)16-20-48(72)73)50(74)62-42(27-45(58)69)52(76)61-41(51(75)59-22-9-12-36(66)14-18-40(57)53(77)78)21-23-64(47(71)30-65)49(54(3,4)5)43-25-34(38-26-35(55)13-17-39(38)56)29-63(43)28-33-10-7-6-8-11-33;1-2/h6-8,10-11,13,17,25-26,29,31-32,40-42,49,65H,9,12,14-16,18-24,27-28,30,57H2,1-5H3,(H2,58,69)(H,59,75)(H,60,70)(H,61,76)(H,62,74)(H,72,73)(H,77,78);1-2H3/t31-,32+,40+,41+,42+,49+;/m1./s1. The molecule has 0 bridgehead atoms. The molecule has 0 aliphatic heterocycles. The maximum atomic E-state index is 15.4. The lowest BCUT2D eigenvalue weighted by atomic mass is 9.82. The number of amides is 6. The van der Waals surface area contributed by atoms with Crippen molar-refractivity contribution in [3.05, 3.63) is 83.7 Å². The second-order valence-electron chi connectivity index (χ2n) is 20.2. The van der Waals surface area contributed by atoms with Gasteiger partial charge in [0, 0.05) is 87.1 Å². The molecule has 6 amide bonds. The summed E-state index contributed by atoms with van der Waals surface area (Å²) in [7, 11) is 0. The number of nitrogens with one attached hydrogen (secondary N) is 4. The molecule has 11 N–H and O–H groups in total. The van der Waals surface area contributed by atoms with Crippen LogP contribution in [0.5, 0.6) is 0 Å². The lowest BCUT2D eigenvalue weighted by Gasteiger charge is -2.41. The van der Waals surface area contributed by atoms with Crippen LogP contribution in [0, 0.1) is 23.0 Å². The first-order valence-electron chi connectivity index (χ1n) is 26.4. The molecular weight excluding hydrogens is 1050 g/mol. The van der Waals surface area contributed by atoms with Gasteiger partial charge in [-0.3, -0.25) is 52.7 Å². The number of aliphatic carboxylic acids is 2. The predicted octanol–water partition coefficient (Wildman–Crippen LogP) is 3.62. The van der Waals surface area contributed by atoms with Crippen LogP contribution in [0.15, 0.2) is 60.8 Å². The summed E-state index contributed by atoms with van der Waals surface area (Å²) < 4.78 is 31.7. The number of Topliss-reactive ketones (excluding diaryl/α,β-unsaturated/α-hetero) is 3. The third kappa shape index (κ3) is 23.3. The van der Waals surface area contributed by atoms with Gasteiger partial charge in [0.2, 0.25) is 35.4 Å². The second-order valence-corrected chi connectivity index (χ2v) is 20.2. The van der Waals surface area contributed by atoms with E-state index in [0.717, 1.165) is 23.8 Å². The topological polar surface area (TPSA) is 357 Å². The van der Waals surface area contributed by atoms with Crippen molar-refractivity contribution >= 4 is 64.7 Å². The number of benzene rings is 2. The van der Waals surface area contributed by atoms with Gasteiger partial charge in [-0.15, -0.1) is 0 Å². The fraction of sp³-hybridized carbons (Fsp3) is 0.518. The number of carboxylic acid groups (broad SMARTS) is 2. The quantitative estimate of drug-likeness (QED) is 0.0386. The summed E-state index contributed by atoms with van der Waals surface area (Å²) in [5.74, 6) is -11.9. The predicted molar refractivity (Wildman–Crippen MR) is 290 cm³/mol. The maximum Gasteiger partial charge on any atom is 0.320 e. The molecule has 3 rings (SSSR count). The molecule has 2 aromatic carbocycles. The van der Waals surface area contributed by atoms with Gasteiger partial charge in [0.1, 0.15) is 47.9 Å². The number of rotatable bonds is 34. The number of ketones is 3. The first-order valence-corrected chi connectivity index (χ1v) is 26.4. The van der Waals surface area contributed by atoms with E-state index in [9.17, 15) is 62.2 Å². The molecule has 3 aromatic rings. The lowest BCUT2D eigenvalue weighted by Crippen LogP contribution is -2.56. The monoisotopic (exact) mass is 1120 g/mol. The van der Waals surface area contributed by atoms with Crippen molar-refractivity contribution in [3.63, 3.8) is 0 Å². The number of hydrogen-bond acceptors (Lipinski definition) is 13. The zero-order chi connectivity index (χ0) is 60.4. The highest BCUT2D eigenvalue weighted by Gasteiger charge is 2.39. The molecule has 6 atom stereocenters. The van der Waals surface area contributed by atoms with Crippen molar-refractivity contribution in [2.75, 3.05) is 19.7 Å². The van der Waals surface area contributed by atoms with E-state index in [0.29, 0.717) is 5.69 Å². The molecule has 0 aliphatic rings. The number of aliphatic hydroxyl groups excluding tert-OH is 1. The molecule has 1 heterocycles. The van der Waals surface area contributed by atoms with Crippen LogP contribution in [-0.4, -0.2) is 133 Å². The van der Waals surface area contributed by atoms with Crippen LogP contribution < -0.4 is 32.7 Å². The number of nitrogens with zero attached hydrogens (tertiary/aromatic N) is 2. The molecule has 1 aromatic heterocycles. The van der Waals surface area contributed by atoms with Crippen molar-refractivity contribution in [2.45, 2.75) is 156 Å². The van der Waals surface area contributed by atoms with Gasteiger partial charge in [-0.2, -0.15) is 0 Å². The molecular formula is C56H78F2N8O14. The molecule has 0 saturated heterocycles. The van der Waals surface area contributed by atoms with Crippen LogP contribution in [0.3, 0.4) is 0 Å². The van der Waals surface area contributed by atoms with Gasteiger partial charge in [-0.05, 0) is 61.4 Å². The van der Waals surface area contributed by atoms with Crippen molar-refractivity contribution in [1.29, 1.82) is 0 Å². The van der Waals surface area contributed by atoms with Crippen molar-refractivity contribution < 1.29 is 76.8 Å². The number of nitrogens with two attached hydrogens (primary N) is 2. The molecule has 440 valence electrons. The minimum absolute atomic E-state index is 0.0644. The van der Waals surface area contributed by atoms with Crippen LogP contribution in [-0.2, 0) is 59.3 Å². The number of hydrogen-bond donors (Lipinski definition) is 9. The summed E-state index contributed by atoms with van der Waals surface area (Å²) in [6.07, 6.45) is -1.61. The molecule has 0 aliphatic carbocycles. The molecule has 80 heavy (non-hydrogen) atoms. The number of carbonyl (C=O) groups is 11. The Morgan fingerprint density at radius 1 is 0.738 bits per heavy atom. The van der Waals surface area contributed by atoms with E-state index in [1.807, 2.05) is 44.2 Å². The maximum absolute atomic E-state index is 15.4. The fourth-order valence-electron chi connectivity index (χ4n) is 8.41. The first-order chi connectivity index (χ1) is 37.6. The minimum Gasteiger partial charge on any atom is -0.481 e. The van der Waals surface area contributed by atoms with E-state index in [1.54, 1.807) is 37.6 Å². The highest BCUT2D eigenvalue weighted by Crippen LogP contribution is 2.41. The smallest absolute Gasteiger partial charge is 0.320 e. The highest BCUT2D eigenvalue weighted by molar-refractivity contribution is 5.97. The van der Waals surface area contributed by atoms with E-state index >= 15 is 4.39 Å². The van der Waals surface area contributed by atoms with Gasteiger partial charge in [0.25, 0.3) is 0 Å². The summed E-state index contributed by atoms with van der Waals surface area (Å²) in [4.78, 5) is 141. The summed E-state index contributed by atoms with van der Waals surface area (Å²) in [6.45, 7) is 10.7. The second kappa shape index (κ2) is 33.6. The Morgan fingerprint density at radius 3 is 1.96 bits per heavy atom. The Balaban J connectivity index is 0.0000108. The van der Waals surface area contributed by atoms with Crippen LogP contribution >= 0.6 is 0 Å². The van der Waals surface area contributed by atoms with E-state index in [-0.39, 0.29) is 81.5 Å². The SMILES string of the molecule is CC.C[C@H](CC(=O)[C@H](C)NC(=O)CCC(=O)CCC(=O)O)C(=O)N[C@@H](CC(N)=O)C(=O)N[C@@H](CCN(C(=O)CO)[C@@H](c1cc(-c2cc(F)ccc2F)cn1Cc1ccccc1)C(C)(C)C)C(=O)NCCCC(=O)CC[C@H](N)C(=O)O. The third-order valence-corrected chi connectivity index (χ3v) is 12.6. The Kier molecular flexibility index (Phi) is 28.8. The van der Waals surface area contributed by atoms with Gasteiger partial charge in [0.05, 0.1) is 24.9 Å². The van der Waals surface area contributed by atoms with E-state index in [1.165, 1.54) is 18.7 Å². The van der Waals surface area contributed by atoms with Crippen molar-refractivity contribution in [3.8, 4) is 11.1 Å². The Labute approximate surface area is 464 Å². The van der Waals surface area contributed by atoms with E-state index in [2.05, 4.69) is 21.3 Å². The number of aromatic nitrogens is 1. The lowest BCUT2D eigenvalue weighted by molar-refractivity contribution is -0.140. The number of aliphatic hydroxyl groups is 1. The van der Waals surface area contributed by atoms with Gasteiger partial charge >= 0.3 is 11.9 Å². The van der Waals surface area contributed by atoms with E-state index in [4.69, 9.17) is 21.7 Å². The molecule has 0 radical (unpaired) electrons. The van der Waals surface area contributed by atoms with Gasteiger partial charge in [-0.1, -0.05) is 71.9 Å². The Bertz CT molecular complexity index is 2640. The zero-order valence-corrected chi connectivity index (χ0v) is 46.5. The normalized spacial score (nSPS) is 13.3. The third-order valence-electron chi connectivity index (χ3n) is 12.6. The molecule has 24 heteroatoms. The van der Waals surface area contributed by atoms with Crippen LogP contribution in [0.1, 0.15) is 136 Å². The molecule has 0 fully saturated rings. The number of carboxylic acids is 2. The van der Waals surface area contributed by atoms with Gasteiger partial charge in [0.15, 0.2) is 5.78 Å². The van der Waals surface area contributed by atoms with Crippen LogP contribution in [0.2, 0.25) is 0 Å². The molecule has 0 unspecified atom stereocenters. The fourth-order valence-corrected chi connectivity index (χ4v) is 8.41. The van der Waals surface area contributed by atoms with Crippen molar-refractivity contribution in [1.82, 2.24) is 30.7 Å². The molecule has 22 nitrogen and oxygen atoms in total. The summed E-state index contributed by atoms with van der Waals surface area (Å²) in [6, 6.07) is 6.99. The van der Waals surface area contributed by atoms with Crippen LogP contribution in [0.4, 0.5) is 8.78 Å². The number of primary amides is 1. The van der Waals surface area contributed by atoms with Gasteiger partial charge < -0.3 is 57.5 Å². The Morgan fingerprint density at radius 2 is 1.36 bits per heavy atom. The van der Waals surface area contributed by atoms with Crippen LogP contribution in [0.25, 0.3) is 11.1 Å². The largest absolute Gasteiger partial charge is 0.481 e. The molecule has 0 spiro atoms. The number of carbonyl (C=O) groups excluding carboxylic acids is 9. The van der Waals surface area contributed by atoms with E-state index < -0.39 is 144 Å². The minimum atomic E-state index is -1.74.